The summed E-state index contributed by atoms with van der Waals surface area (Å²) in [4.78, 5) is 49.9. The molecular weight excluding hydrogens is 1280 g/mol. The number of hydrogen-bond acceptors (Lipinski definition) is 11. The summed E-state index contributed by atoms with van der Waals surface area (Å²) in [5.41, 5.74) is 17.2. The molecule has 0 radical (unpaired) electrons. The molecule has 0 bridgehead atoms. The number of carbonyl (C=O) groups excluding carboxylic acids is 3. The third-order valence-electron chi connectivity index (χ3n) is 16.1. The van der Waals surface area contributed by atoms with Crippen molar-refractivity contribution in [2.75, 3.05) is 75.4 Å². The van der Waals surface area contributed by atoms with E-state index in [1.807, 2.05) is 147 Å². The minimum absolute atomic E-state index is 0. The summed E-state index contributed by atoms with van der Waals surface area (Å²) in [6.07, 6.45) is 14.3. The van der Waals surface area contributed by atoms with Crippen molar-refractivity contribution in [1.29, 1.82) is 0 Å². The Kier molecular flexibility index (Phi) is 61.0. The summed E-state index contributed by atoms with van der Waals surface area (Å²) in [7, 11) is 0. The maximum Gasteiger partial charge on any atom is 0.133 e. The molecule has 8 aromatic rings. The van der Waals surface area contributed by atoms with Gasteiger partial charge in [0.2, 0.25) is 0 Å². The Bertz CT molecular complexity index is 3320. The number of ether oxygens (including phenoxy) is 2. The van der Waals surface area contributed by atoms with Crippen LogP contribution in [0, 0.1) is 0 Å². The van der Waals surface area contributed by atoms with Gasteiger partial charge in [-0.05, 0) is 169 Å². The number of nitrogens with zero attached hydrogens (tertiary/aromatic N) is 5. The van der Waals surface area contributed by atoms with Gasteiger partial charge in [-0.15, -0.1) is 0 Å². The molecule has 6 aromatic carbocycles. The van der Waals surface area contributed by atoms with Gasteiger partial charge in [0.25, 0.3) is 0 Å². The number of nitrogens with one attached hydrogen (secondary N) is 1. The van der Waals surface area contributed by atoms with Crippen molar-refractivity contribution < 1.29 is 23.9 Å². The zero-order valence-electron chi connectivity index (χ0n) is 67.9. The Morgan fingerprint density at radius 3 is 1.08 bits per heavy atom. The van der Waals surface area contributed by atoms with E-state index in [0.717, 1.165) is 113 Å². The van der Waals surface area contributed by atoms with Crippen LogP contribution < -0.4 is 15.1 Å². The summed E-state index contributed by atoms with van der Waals surface area (Å²) in [5.74, 6) is 0.764. The van der Waals surface area contributed by atoms with Gasteiger partial charge in [0.15, 0.2) is 0 Å². The van der Waals surface area contributed by atoms with Crippen LogP contribution in [0.5, 0.6) is 0 Å². The number of pyridine rings is 2. The summed E-state index contributed by atoms with van der Waals surface area (Å²) >= 11 is 0. The van der Waals surface area contributed by atoms with E-state index in [1.54, 1.807) is 12.4 Å². The molecule has 0 unspecified atom stereocenters. The van der Waals surface area contributed by atoms with E-state index in [-0.39, 0.29) is 13.2 Å². The number of Topliss-reactive ketones (excluding diaryl/α,β-unsaturated/α-hetero) is 3. The predicted octanol–water partition coefficient (Wildman–Crippen LogP) is 22.7. The second-order valence-electron chi connectivity index (χ2n) is 23.2. The molecule has 2 saturated heterocycles. The van der Waals surface area contributed by atoms with Crippen LogP contribution in [0.1, 0.15) is 216 Å². The number of carbonyl (C=O) groups is 3. The lowest BCUT2D eigenvalue weighted by Crippen LogP contribution is -2.48. The molecule has 0 saturated carbocycles. The molecule has 0 amide bonds. The molecule has 2 aromatic heterocycles. The molecule has 10 rings (SSSR count). The number of aromatic nitrogens is 2. The van der Waals surface area contributed by atoms with E-state index in [0.29, 0.717) is 69.7 Å². The van der Waals surface area contributed by atoms with Crippen LogP contribution in [0.25, 0.3) is 22.3 Å². The molecule has 11 nitrogen and oxygen atoms in total. The van der Waals surface area contributed by atoms with Crippen molar-refractivity contribution >= 4 is 28.7 Å². The Hall–Kier alpha value is -7.93. The normalized spacial score (nSPS) is 11.6. The first kappa shape index (κ1) is 98.1. The molecule has 0 spiro atoms. The minimum atomic E-state index is 0. The fraction of sp³-hybridized carbons (Fsp3) is 0.473. The highest BCUT2D eigenvalue weighted by Crippen LogP contribution is 2.31. The summed E-state index contributed by atoms with van der Waals surface area (Å²) in [5, 5.41) is 3.43. The highest BCUT2D eigenvalue weighted by Gasteiger charge is 2.20. The number of piperazine rings is 2. The topological polar surface area (TPSA) is 117 Å². The van der Waals surface area contributed by atoms with Gasteiger partial charge in [0, 0.05) is 120 Å². The fourth-order valence-corrected chi connectivity index (χ4v) is 11.0. The Balaban J connectivity index is 0. The summed E-state index contributed by atoms with van der Waals surface area (Å²) in [6.45, 7) is 50.7. The Labute approximate surface area is 635 Å². The quantitative estimate of drug-likeness (QED) is 0.0496. The zero-order valence-corrected chi connectivity index (χ0v) is 67.9. The van der Waals surface area contributed by atoms with E-state index in [1.165, 1.54) is 69.7 Å². The average Bonchev–Trinajstić information content (AvgIpc) is 0.824. The third-order valence-corrected chi connectivity index (χ3v) is 16.1. The first-order chi connectivity index (χ1) is 50.5. The van der Waals surface area contributed by atoms with Gasteiger partial charge in [0.05, 0.1) is 26.4 Å². The van der Waals surface area contributed by atoms with E-state index in [9.17, 15) is 14.4 Å². The highest BCUT2D eigenvalue weighted by molar-refractivity contribution is 5.79. The van der Waals surface area contributed by atoms with Gasteiger partial charge < -0.3 is 29.4 Å². The van der Waals surface area contributed by atoms with Crippen molar-refractivity contribution in [2.24, 2.45) is 0 Å². The number of aryl methyl sites for hydroxylation is 4. The Morgan fingerprint density at radius 1 is 0.394 bits per heavy atom. The maximum atomic E-state index is 12.3. The van der Waals surface area contributed by atoms with Gasteiger partial charge in [-0.2, -0.15) is 0 Å². The third kappa shape index (κ3) is 40.4. The lowest BCUT2D eigenvalue weighted by molar-refractivity contribution is -0.119. The standard InChI is InChI=1S/C38H45N3O2.C35H39N3O2.C3H6O.8C2H6.CH4/c1-30(2)40-22-24-41(25-23-40)36-10-5-9-35(27-36)38-11-4-3-8-34(38)20-26-43-29-33-14-12-31(13-15-33)16-18-37(42)19-17-32-7-6-21-39-28-32;39-34(17-15-29-5-4-19-37-26-29)16-14-28-10-12-30(13-11-28)27-40-24-18-31-6-1-2-9-35(31)32-7-3-8-33(25-32)38-22-20-36-21-23-38;1-3(2)4;8*1-2;/h3-15,21,27-28,30H,16-20,22-26,29H2,1-2H3;1-13,19,25-26,36H,14-18,20-24,27H2;1-2H3;8*1-2H3;1H4. The second kappa shape index (κ2) is 64.7. The van der Waals surface area contributed by atoms with Crippen LogP contribution >= 0.6 is 0 Å². The SMILES string of the molecule is C.CC.CC.CC.CC.CC.CC.CC.CC.CC(C)=O.CC(C)N1CCN(c2cccc(-c3ccccc3CCOCc3ccc(CCC(=O)CCc4cccnc4)cc3)c2)CC1.O=C(CCc1ccc(COCCc2ccccc2-c2cccc(N3CCNCC3)c2)cc1)CCc1cccnc1. The van der Waals surface area contributed by atoms with Gasteiger partial charge in [-0.25, -0.2) is 0 Å². The second-order valence-corrected chi connectivity index (χ2v) is 23.2. The van der Waals surface area contributed by atoms with Crippen LogP contribution in [0.4, 0.5) is 11.4 Å². The predicted molar refractivity (Wildman–Crippen MR) is 453 cm³/mol. The molecule has 2 aliphatic heterocycles. The average molecular weight is 1420 g/mol. The molecule has 104 heavy (non-hydrogen) atoms. The van der Waals surface area contributed by atoms with E-state index in [2.05, 4.69) is 189 Å². The molecular formula is C93H142N6O5. The number of anilines is 2. The first-order valence-electron chi connectivity index (χ1n) is 39.4. The molecule has 0 atom stereocenters. The van der Waals surface area contributed by atoms with Gasteiger partial charge in [0.1, 0.15) is 17.3 Å². The fourth-order valence-electron chi connectivity index (χ4n) is 11.0. The van der Waals surface area contributed by atoms with Crippen molar-refractivity contribution in [1.82, 2.24) is 20.2 Å². The number of hydrogen-bond donors (Lipinski definition) is 1. The van der Waals surface area contributed by atoms with Crippen LogP contribution in [0.15, 0.2) is 195 Å². The lowest BCUT2D eigenvalue weighted by Gasteiger charge is -2.38. The lowest BCUT2D eigenvalue weighted by atomic mass is 9.97. The smallest absolute Gasteiger partial charge is 0.133 e. The van der Waals surface area contributed by atoms with Crippen molar-refractivity contribution in [3.8, 4) is 22.3 Å². The van der Waals surface area contributed by atoms with Gasteiger partial charge in [-0.3, -0.25) is 24.5 Å². The molecule has 574 valence electrons. The zero-order chi connectivity index (χ0) is 76.8. The molecule has 2 fully saturated rings. The highest BCUT2D eigenvalue weighted by atomic mass is 16.5. The van der Waals surface area contributed by atoms with Crippen LogP contribution in [0.2, 0.25) is 0 Å². The van der Waals surface area contributed by atoms with Crippen molar-refractivity contribution in [3.63, 3.8) is 0 Å². The number of rotatable bonds is 27. The van der Waals surface area contributed by atoms with Crippen molar-refractivity contribution in [3.05, 3.63) is 239 Å². The van der Waals surface area contributed by atoms with Crippen LogP contribution in [-0.4, -0.2) is 104 Å². The number of ketones is 3. The van der Waals surface area contributed by atoms with E-state index < -0.39 is 0 Å². The molecule has 0 aliphatic carbocycles. The van der Waals surface area contributed by atoms with Gasteiger partial charge in [-0.1, -0.05) is 252 Å². The molecule has 11 heteroatoms. The maximum absolute atomic E-state index is 12.3. The van der Waals surface area contributed by atoms with Crippen molar-refractivity contribution in [2.45, 2.75) is 229 Å². The summed E-state index contributed by atoms with van der Waals surface area (Å²) < 4.78 is 12.2. The molecule has 1 N–H and O–H groups in total. The van der Waals surface area contributed by atoms with E-state index >= 15 is 0 Å². The first-order valence-corrected chi connectivity index (χ1v) is 39.4. The minimum Gasteiger partial charge on any atom is -0.376 e. The molecule has 2 aliphatic rings. The van der Waals surface area contributed by atoms with Gasteiger partial charge >= 0.3 is 0 Å². The van der Waals surface area contributed by atoms with Crippen LogP contribution in [0.3, 0.4) is 0 Å². The van der Waals surface area contributed by atoms with Crippen LogP contribution in [-0.2, 0) is 75.6 Å². The largest absolute Gasteiger partial charge is 0.376 e. The molecule has 4 heterocycles. The summed E-state index contributed by atoms with van der Waals surface area (Å²) in [6, 6.07) is 60.7. The monoisotopic (exact) mass is 1420 g/mol. The van der Waals surface area contributed by atoms with E-state index in [4.69, 9.17) is 9.47 Å². The number of benzene rings is 6. The Morgan fingerprint density at radius 2 is 0.731 bits per heavy atom.